The topological polar surface area (TPSA) is 3.24 Å². The van der Waals surface area contributed by atoms with Crippen LogP contribution in [0.1, 0.15) is 55.2 Å². The second kappa shape index (κ2) is 9.40. The average molecular weight is 356 g/mol. The zero-order chi connectivity index (χ0) is 17.5. The van der Waals surface area contributed by atoms with Crippen molar-refractivity contribution in [3.05, 3.63) is 71.3 Å². The Morgan fingerprint density at radius 2 is 1.68 bits per heavy atom. The van der Waals surface area contributed by atoms with Crippen LogP contribution in [0.15, 0.2) is 54.6 Å². The molecular weight excluding hydrogens is 326 g/mol. The maximum atomic E-state index is 6.30. The van der Waals surface area contributed by atoms with Gasteiger partial charge in [-0.15, -0.1) is 11.6 Å². The van der Waals surface area contributed by atoms with Crippen LogP contribution in [-0.2, 0) is 13.0 Å². The largest absolute Gasteiger partial charge is 0.299 e. The van der Waals surface area contributed by atoms with Crippen molar-refractivity contribution >= 4 is 11.6 Å². The van der Waals surface area contributed by atoms with E-state index >= 15 is 0 Å². The van der Waals surface area contributed by atoms with Gasteiger partial charge in [0.1, 0.15) is 0 Å². The van der Waals surface area contributed by atoms with Crippen LogP contribution in [0.5, 0.6) is 0 Å². The maximum Gasteiger partial charge on any atom is 0.0404 e. The molecule has 2 heteroatoms. The molecule has 3 rings (SSSR count). The lowest BCUT2D eigenvalue weighted by Gasteiger charge is -2.32. The van der Waals surface area contributed by atoms with Gasteiger partial charge in [-0.1, -0.05) is 61.5 Å². The molecule has 0 aliphatic heterocycles. The Hall–Kier alpha value is -1.31. The monoisotopic (exact) mass is 355 g/mol. The molecule has 2 unspecified atom stereocenters. The molecule has 2 atom stereocenters. The minimum Gasteiger partial charge on any atom is -0.299 e. The normalized spacial score (nSPS) is 19.8. The van der Waals surface area contributed by atoms with Crippen molar-refractivity contribution in [3.63, 3.8) is 0 Å². The number of alkyl halides is 1. The Balaban J connectivity index is 1.46. The van der Waals surface area contributed by atoms with Crippen molar-refractivity contribution in [2.75, 3.05) is 13.1 Å². The molecule has 0 spiro atoms. The Morgan fingerprint density at radius 1 is 0.920 bits per heavy atom. The van der Waals surface area contributed by atoms with Gasteiger partial charge in [-0.25, -0.2) is 0 Å². The van der Waals surface area contributed by atoms with Gasteiger partial charge >= 0.3 is 0 Å². The van der Waals surface area contributed by atoms with Crippen LogP contribution >= 0.6 is 11.6 Å². The second-order valence-electron chi connectivity index (χ2n) is 7.31. The molecule has 1 fully saturated rings. The first-order valence-electron chi connectivity index (χ1n) is 9.75. The molecule has 0 bridgehead atoms. The van der Waals surface area contributed by atoms with Gasteiger partial charge in [-0.3, -0.25) is 4.90 Å². The number of benzene rings is 2. The molecule has 2 aromatic carbocycles. The van der Waals surface area contributed by atoms with E-state index < -0.39 is 0 Å². The molecule has 0 saturated heterocycles. The summed E-state index contributed by atoms with van der Waals surface area (Å²) in [6, 6.07) is 20.0. The number of aryl methyl sites for hydroxylation is 1. The predicted octanol–water partition coefficient (Wildman–Crippen LogP) is 6.02. The van der Waals surface area contributed by atoms with E-state index in [0.29, 0.717) is 11.3 Å². The molecular formula is C23H30ClN. The zero-order valence-corrected chi connectivity index (χ0v) is 16.1. The van der Waals surface area contributed by atoms with Crippen LogP contribution in [-0.4, -0.2) is 23.4 Å². The lowest BCUT2D eigenvalue weighted by Crippen LogP contribution is -2.25. The minimum absolute atomic E-state index is 0.353. The summed E-state index contributed by atoms with van der Waals surface area (Å²) in [6.07, 6.45) is 6.00. The third-order valence-electron chi connectivity index (χ3n) is 5.33. The predicted molar refractivity (Wildman–Crippen MR) is 108 cm³/mol. The molecule has 134 valence electrons. The van der Waals surface area contributed by atoms with Crippen molar-refractivity contribution < 1.29 is 0 Å². The van der Waals surface area contributed by atoms with Gasteiger partial charge in [0.15, 0.2) is 0 Å². The summed E-state index contributed by atoms with van der Waals surface area (Å²) in [5, 5.41) is 0.353. The first kappa shape index (κ1) is 18.5. The van der Waals surface area contributed by atoms with Gasteiger partial charge < -0.3 is 0 Å². The molecule has 0 heterocycles. The van der Waals surface area contributed by atoms with Gasteiger partial charge in [0.05, 0.1) is 0 Å². The lowest BCUT2D eigenvalue weighted by atomic mass is 9.79. The highest BCUT2D eigenvalue weighted by atomic mass is 35.5. The van der Waals surface area contributed by atoms with Gasteiger partial charge in [-0.05, 0) is 61.9 Å². The molecule has 0 aromatic heterocycles. The first-order chi connectivity index (χ1) is 12.3. The van der Waals surface area contributed by atoms with Crippen LogP contribution in [0.2, 0.25) is 0 Å². The van der Waals surface area contributed by atoms with Crippen LogP contribution in [0.25, 0.3) is 0 Å². The first-order valence-corrected chi connectivity index (χ1v) is 10.2. The summed E-state index contributed by atoms with van der Waals surface area (Å²) < 4.78 is 0. The third kappa shape index (κ3) is 5.33. The van der Waals surface area contributed by atoms with Gasteiger partial charge in [0.2, 0.25) is 0 Å². The van der Waals surface area contributed by atoms with E-state index in [1.54, 1.807) is 0 Å². The smallest absolute Gasteiger partial charge is 0.0404 e. The minimum atomic E-state index is 0.353. The molecule has 25 heavy (non-hydrogen) atoms. The molecule has 0 N–H and O–H groups in total. The fraction of sp³-hybridized carbons (Fsp3) is 0.478. The summed E-state index contributed by atoms with van der Waals surface area (Å²) in [7, 11) is 0. The second-order valence-corrected chi connectivity index (χ2v) is 7.87. The molecule has 0 radical (unpaired) electrons. The van der Waals surface area contributed by atoms with Crippen LogP contribution in [0.4, 0.5) is 0 Å². The SMILES string of the molecule is CCCN(CCCc1ccc(C2CCC2Cl)cc1)Cc1ccccc1. The van der Waals surface area contributed by atoms with E-state index in [9.17, 15) is 0 Å². The fourth-order valence-corrected chi connectivity index (χ4v) is 4.10. The highest BCUT2D eigenvalue weighted by molar-refractivity contribution is 6.21. The summed E-state index contributed by atoms with van der Waals surface area (Å²) >= 11 is 6.30. The van der Waals surface area contributed by atoms with Gasteiger partial charge in [0.25, 0.3) is 0 Å². The maximum absolute atomic E-state index is 6.30. The van der Waals surface area contributed by atoms with E-state index in [0.717, 1.165) is 19.5 Å². The number of hydrogen-bond donors (Lipinski definition) is 0. The van der Waals surface area contributed by atoms with Crippen molar-refractivity contribution in [2.45, 2.75) is 56.9 Å². The summed E-state index contributed by atoms with van der Waals surface area (Å²) in [6.45, 7) is 5.66. The van der Waals surface area contributed by atoms with Crippen molar-refractivity contribution in [2.24, 2.45) is 0 Å². The zero-order valence-electron chi connectivity index (χ0n) is 15.3. The summed E-state index contributed by atoms with van der Waals surface area (Å²) in [5.74, 6) is 0.585. The third-order valence-corrected chi connectivity index (χ3v) is 5.85. The Bertz CT molecular complexity index is 622. The lowest BCUT2D eigenvalue weighted by molar-refractivity contribution is 0.262. The average Bonchev–Trinajstić information content (AvgIpc) is 2.63. The molecule has 1 aliphatic rings. The molecule has 1 saturated carbocycles. The fourth-order valence-electron chi connectivity index (χ4n) is 3.70. The van der Waals surface area contributed by atoms with E-state index in [2.05, 4.69) is 66.4 Å². The molecule has 2 aromatic rings. The summed E-state index contributed by atoms with van der Waals surface area (Å²) in [5.41, 5.74) is 4.29. The van der Waals surface area contributed by atoms with E-state index in [4.69, 9.17) is 11.6 Å². The number of rotatable bonds is 9. The van der Waals surface area contributed by atoms with Crippen molar-refractivity contribution in [1.29, 1.82) is 0 Å². The molecule has 1 aliphatic carbocycles. The van der Waals surface area contributed by atoms with E-state index in [1.165, 1.54) is 48.9 Å². The van der Waals surface area contributed by atoms with E-state index in [1.807, 2.05) is 0 Å². The van der Waals surface area contributed by atoms with Crippen molar-refractivity contribution in [3.8, 4) is 0 Å². The molecule has 0 amide bonds. The van der Waals surface area contributed by atoms with Gasteiger partial charge in [-0.2, -0.15) is 0 Å². The van der Waals surface area contributed by atoms with E-state index in [-0.39, 0.29) is 0 Å². The van der Waals surface area contributed by atoms with Crippen LogP contribution in [0.3, 0.4) is 0 Å². The molecule has 1 nitrogen and oxygen atoms in total. The highest BCUT2D eigenvalue weighted by Gasteiger charge is 2.29. The quantitative estimate of drug-likeness (QED) is 0.497. The standard InChI is InChI=1S/C23H30ClN/c1-2-16-25(18-20-7-4-3-5-8-20)17-6-9-19-10-12-21(13-11-19)22-14-15-23(22)24/h3-5,7-8,10-13,22-23H,2,6,9,14-18H2,1H3. The summed E-state index contributed by atoms with van der Waals surface area (Å²) in [4.78, 5) is 2.58. The Labute approximate surface area is 158 Å². The van der Waals surface area contributed by atoms with Crippen molar-refractivity contribution in [1.82, 2.24) is 4.90 Å². The highest BCUT2D eigenvalue weighted by Crippen LogP contribution is 2.40. The Morgan fingerprint density at radius 3 is 2.28 bits per heavy atom. The van der Waals surface area contributed by atoms with Gasteiger partial charge in [0, 0.05) is 17.8 Å². The number of halogens is 1. The van der Waals surface area contributed by atoms with Crippen LogP contribution in [0, 0.1) is 0 Å². The van der Waals surface area contributed by atoms with Crippen LogP contribution < -0.4 is 0 Å². The Kier molecular flexibility index (Phi) is 6.95. The number of nitrogens with zero attached hydrogens (tertiary/aromatic N) is 1. The number of hydrogen-bond acceptors (Lipinski definition) is 1.